The van der Waals surface area contributed by atoms with E-state index in [-0.39, 0.29) is 25.1 Å². The van der Waals surface area contributed by atoms with Crippen LogP contribution in [0.1, 0.15) is 12.8 Å². The number of hydrogen-bond donors (Lipinski definition) is 0. The molecule has 0 aromatic heterocycles. The maximum absolute atomic E-state index is 13.5. The molecule has 0 bridgehead atoms. The Bertz CT molecular complexity index is 841. The minimum atomic E-state index is -5.99. The summed E-state index contributed by atoms with van der Waals surface area (Å²) in [6, 6.07) is 0.286. The summed E-state index contributed by atoms with van der Waals surface area (Å²) < 4.78 is 131. The number of carbonyl (C=O) groups is 2. The summed E-state index contributed by atoms with van der Waals surface area (Å²) in [7, 11) is -9.71. The van der Waals surface area contributed by atoms with Crippen molar-refractivity contribution in [1.29, 1.82) is 0 Å². The third-order valence-electron chi connectivity index (χ3n) is 4.03. The molecule has 0 aromatic carbocycles. The fraction of sp³-hybridized carbons (Fsp3) is 0.810. The van der Waals surface area contributed by atoms with Crippen LogP contribution in [0.4, 0.5) is 35.1 Å². The summed E-state index contributed by atoms with van der Waals surface area (Å²) >= 11 is 0. The first-order valence-electron chi connectivity index (χ1n) is 12.1. The Hall–Kier alpha value is -1.13. The molecule has 0 heterocycles. The van der Waals surface area contributed by atoms with Crippen molar-refractivity contribution in [2.75, 3.05) is 6.61 Å². The van der Waals surface area contributed by atoms with Gasteiger partial charge in [-0.25, -0.2) is 14.0 Å². The molecule has 1 unspecified atom stereocenters. The highest BCUT2D eigenvalue weighted by molar-refractivity contribution is 6.90. The molecule has 0 aliphatic rings. The maximum atomic E-state index is 13.5. The molecule has 0 aliphatic carbocycles. The van der Waals surface area contributed by atoms with Crippen LogP contribution >= 0.6 is 0 Å². The molecule has 40 heavy (non-hydrogen) atoms. The van der Waals surface area contributed by atoms with Crippen molar-refractivity contribution in [1.82, 2.24) is 0 Å². The van der Waals surface area contributed by atoms with Crippen LogP contribution in [0.3, 0.4) is 0 Å². The van der Waals surface area contributed by atoms with Gasteiger partial charge in [0.15, 0.2) is 31.1 Å². The third-order valence-corrected chi connectivity index (χ3v) is 16.1. The Kier molecular flexibility index (Phi) is 13.5. The number of halogens is 8. The largest absolute Gasteiger partial charge is 0.469 e. The number of alkyl halides is 8. The highest BCUT2D eigenvalue weighted by Crippen LogP contribution is 2.43. The van der Waals surface area contributed by atoms with Gasteiger partial charge >= 0.3 is 39.0 Å². The normalized spacial score (nSPS) is 15.3. The summed E-state index contributed by atoms with van der Waals surface area (Å²) in [6.45, 7) is 17.5. The van der Waals surface area contributed by atoms with Gasteiger partial charge in [0.25, 0.3) is 0 Å². The van der Waals surface area contributed by atoms with Crippen molar-refractivity contribution < 1.29 is 66.5 Å². The minimum absolute atomic E-state index is 0.000687. The second kappa shape index (κ2) is 13.9. The Morgan fingerprint density at radius 1 is 0.725 bits per heavy atom. The summed E-state index contributed by atoms with van der Waals surface area (Å²) in [6.07, 6.45) is -18.2. The van der Waals surface area contributed by atoms with Crippen molar-refractivity contribution >= 4 is 45.7 Å². The van der Waals surface area contributed by atoms with Gasteiger partial charge in [-0.1, -0.05) is 0 Å². The van der Waals surface area contributed by atoms with E-state index in [9.17, 15) is 44.7 Å². The number of carbonyl (C=O) groups excluding carboxylic acids is 2. The second-order valence-corrected chi connectivity index (χ2v) is 28.8. The minimum Gasteiger partial charge on any atom is -0.463 e. The molecule has 0 aliphatic heterocycles. The summed E-state index contributed by atoms with van der Waals surface area (Å²) in [5, 5.41) is 0. The molecule has 0 aromatic rings. The summed E-state index contributed by atoms with van der Waals surface area (Å²) in [5.74, 6) is -9.46. The molecule has 19 heteroatoms. The first-order valence-corrected chi connectivity index (χ1v) is 24.3. The monoisotopic (exact) mass is 666 g/mol. The number of ether oxygens (including phenoxy) is 2. The molecule has 0 rings (SSSR count). The highest BCUT2D eigenvalue weighted by Gasteiger charge is 2.67. The van der Waals surface area contributed by atoms with Crippen LogP contribution in [0.5, 0.6) is 0 Å². The first kappa shape index (κ1) is 38.9. The molecule has 0 radical (unpaired) electrons. The van der Waals surface area contributed by atoms with Crippen molar-refractivity contribution in [3.8, 4) is 0 Å². The van der Waals surface area contributed by atoms with Crippen molar-refractivity contribution in [3.05, 3.63) is 12.2 Å². The smallest absolute Gasteiger partial charge is 0.463 e. The third kappa shape index (κ3) is 15.8. The van der Waals surface area contributed by atoms with E-state index in [4.69, 9.17) is 17.1 Å². The van der Waals surface area contributed by atoms with E-state index in [0.29, 0.717) is 6.08 Å². The van der Waals surface area contributed by atoms with Gasteiger partial charge in [-0.15, -0.1) is 0 Å². The SMILES string of the molecule is C[Si](C)(C)O[Si](CCCOC(=O)/C=C/C(=O)OC(F)(F)C(F)(F)C(F)CC(F)(F)F)(O[Si](C)(C)C)O[Si](C)(C)C. The Morgan fingerprint density at radius 3 is 1.50 bits per heavy atom. The standard InChI is InChI=1S/C21H38F8O7Si4/c1-37(2,3)34-40(35-38(4,5)6,36-39(7,8)9)14-10-13-32-17(30)11-12-18(31)33-21(28,29)20(26,27)16(22)15-19(23,24)25/h11-12,16H,10,13-15H2,1-9H3/b12-11+. The molecule has 0 saturated heterocycles. The molecule has 0 spiro atoms. The van der Waals surface area contributed by atoms with Crippen molar-refractivity contribution in [3.63, 3.8) is 0 Å². The molecule has 0 saturated carbocycles. The predicted molar refractivity (Wildman–Crippen MR) is 140 cm³/mol. The lowest BCUT2D eigenvalue weighted by atomic mass is 10.1. The van der Waals surface area contributed by atoms with Crippen molar-refractivity contribution in [2.24, 2.45) is 0 Å². The van der Waals surface area contributed by atoms with Crippen LogP contribution in [0.15, 0.2) is 12.2 Å². The van der Waals surface area contributed by atoms with Crippen LogP contribution in [-0.4, -0.2) is 76.7 Å². The molecule has 0 N–H and O–H groups in total. The molecule has 7 nitrogen and oxygen atoms in total. The Labute approximate surface area is 233 Å². The average molecular weight is 667 g/mol. The van der Waals surface area contributed by atoms with Crippen LogP contribution < -0.4 is 0 Å². The Balaban J connectivity index is 5.26. The van der Waals surface area contributed by atoms with E-state index in [1.807, 2.05) is 58.9 Å². The highest BCUT2D eigenvalue weighted by atomic mass is 28.5. The van der Waals surface area contributed by atoms with E-state index in [1.165, 1.54) is 0 Å². The fourth-order valence-corrected chi connectivity index (χ4v) is 17.6. The topological polar surface area (TPSA) is 80.3 Å². The lowest BCUT2D eigenvalue weighted by Gasteiger charge is -2.42. The predicted octanol–water partition coefficient (Wildman–Crippen LogP) is 7.03. The van der Waals surface area contributed by atoms with Crippen LogP contribution in [-0.2, 0) is 31.4 Å². The van der Waals surface area contributed by atoms with Gasteiger partial charge in [-0.2, -0.15) is 30.7 Å². The zero-order valence-electron chi connectivity index (χ0n) is 23.9. The molecule has 236 valence electrons. The van der Waals surface area contributed by atoms with Gasteiger partial charge in [0, 0.05) is 18.2 Å². The van der Waals surface area contributed by atoms with Gasteiger partial charge in [0.2, 0.25) is 0 Å². The average Bonchev–Trinajstić information content (AvgIpc) is 2.63. The quantitative estimate of drug-likeness (QED) is 0.0576. The fourth-order valence-electron chi connectivity index (χ4n) is 3.00. The van der Waals surface area contributed by atoms with E-state index < -0.39 is 76.5 Å². The van der Waals surface area contributed by atoms with E-state index in [1.54, 1.807) is 0 Å². The summed E-state index contributed by atoms with van der Waals surface area (Å²) in [5.41, 5.74) is 0. The van der Waals surface area contributed by atoms with E-state index in [2.05, 4.69) is 4.74 Å². The Morgan fingerprint density at radius 2 is 1.12 bits per heavy atom. The van der Waals surface area contributed by atoms with Gasteiger partial charge < -0.3 is 21.8 Å². The van der Waals surface area contributed by atoms with Crippen LogP contribution in [0.25, 0.3) is 0 Å². The van der Waals surface area contributed by atoms with E-state index >= 15 is 0 Å². The lowest BCUT2D eigenvalue weighted by molar-refractivity contribution is -0.349. The maximum Gasteiger partial charge on any atom is 0.469 e. The molecule has 0 amide bonds. The number of esters is 2. The molecular formula is C21H38F8O7Si4. The zero-order chi connectivity index (χ0) is 32.0. The number of rotatable bonds is 16. The second-order valence-electron chi connectivity index (χ2n) is 11.8. The van der Waals surface area contributed by atoms with E-state index in [0.717, 1.165) is 0 Å². The van der Waals surface area contributed by atoms with Gasteiger partial charge in [-0.05, 0) is 65.3 Å². The first-order chi connectivity index (χ1) is 17.5. The van der Waals surface area contributed by atoms with Crippen LogP contribution in [0.2, 0.25) is 65.0 Å². The lowest BCUT2D eigenvalue weighted by Crippen LogP contribution is -2.60. The van der Waals surface area contributed by atoms with Crippen molar-refractivity contribution in [2.45, 2.75) is 102 Å². The number of hydrogen-bond acceptors (Lipinski definition) is 7. The summed E-state index contributed by atoms with van der Waals surface area (Å²) in [4.78, 5) is 23.4. The van der Waals surface area contributed by atoms with Crippen LogP contribution in [0, 0.1) is 0 Å². The van der Waals surface area contributed by atoms with Gasteiger partial charge in [0.1, 0.15) is 0 Å². The van der Waals surface area contributed by atoms with Gasteiger partial charge in [-0.3, -0.25) is 0 Å². The zero-order valence-corrected chi connectivity index (χ0v) is 27.9. The molecule has 0 fully saturated rings. The van der Waals surface area contributed by atoms with Gasteiger partial charge in [0.05, 0.1) is 13.0 Å². The molecular weight excluding hydrogens is 629 g/mol. The molecule has 1 atom stereocenters.